The zero-order valence-electron chi connectivity index (χ0n) is 17.5. The summed E-state index contributed by atoms with van der Waals surface area (Å²) in [6.07, 6.45) is -15.7. The Morgan fingerprint density at radius 2 is 1.74 bits per heavy atom. The molecule has 34 heavy (non-hydrogen) atoms. The molecule has 0 fully saturated rings. The molecule has 0 aliphatic heterocycles. The predicted molar refractivity (Wildman–Crippen MR) is 104 cm³/mol. The quantitative estimate of drug-likeness (QED) is 0.248. The molecule has 190 valence electrons. The number of amides is 1. The van der Waals surface area contributed by atoms with Crippen molar-refractivity contribution in [3.63, 3.8) is 0 Å². The summed E-state index contributed by atoms with van der Waals surface area (Å²) < 4.78 is 105. The maximum absolute atomic E-state index is 14.9. The number of rotatable bonds is 11. The molecule has 2 unspecified atom stereocenters. The van der Waals surface area contributed by atoms with Gasteiger partial charge in [0.15, 0.2) is 0 Å². The van der Waals surface area contributed by atoms with Crippen LogP contribution in [0.15, 0.2) is 6.07 Å². The summed E-state index contributed by atoms with van der Waals surface area (Å²) in [4.78, 5) is 22.2. The van der Waals surface area contributed by atoms with Crippen LogP contribution in [-0.4, -0.2) is 74.4 Å². The topological polar surface area (TPSA) is 145 Å². The van der Waals surface area contributed by atoms with Crippen LogP contribution in [0.25, 0.3) is 0 Å². The average molecular weight is 520 g/mol. The van der Waals surface area contributed by atoms with Gasteiger partial charge in [0.1, 0.15) is 0 Å². The second kappa shape index (κ2) is 11.0. The zero-order chi connectivity index (χ0) is 26.6. The molecule has 16 heteroatoms. The molecule has 8 nitrogen and oxygen atoms in total. The van der Waals surface area contributed by atoms with Crippen molar-refractivity contribution in [3.05, 3.63) is 23.0 Å². The summed E-state index contributed by atoms with van der Waals surface area (Å²) in [7, 11) is 0.745. The van der Waals surface area contributed by atoms with E-state index >= 15 is 0 Å². The van der Waals surface area contributed by atoms with Crippen molar-refractivity contribution in [2.75, 3.05) is 13.7 Å². The number of carboxylic acids is 1. The first-order valence-corrected chi connectivity index (χ1v) is 10.6. The van der Waals surface area contributed by atoms with Crippen molar-refractivity contribution in [2.45, 2.75) is 42.9 Å². The van der Waals surface area contributed by atoms with Crippen LogP contribution >= 0.6 is 0 Å². The summed E-state index contributed by atoms with van der Waals surface area (Å²) in [6, 6.07) is -1.03. The van der Waals surface area contributed by atoms with Crippen LogP contribution in [0.2, 0.25) is 0 Å². The molecule has 0 heterocycles. The Hall–Kier alpha value is -2.25. The standard InChI is InChI=1S/C17H18F7N2O6.CH2.Al/c1-31-11-5-7(10(6-9(25)14(28)29)32-3-2-12(26)27)4-8(13(11)18)15(30,16(19,20)21)17(22,23)24;;/h5,9-10,30H,2-3,6,25H2,1H3,(H2,26,27)(H,28,29);1H2;. The molecular formula is C18H20AlF7N2O6. The number of alkyl halides is 6. The number of aliphatic hydroxyl groups is 1. The maximum atomic E-state index is 14.9. The van der Waals surface area contributed by atoms with E-state index in [1.807, 2.05) is 0 Å². The van der Waals surface area contributed by atoms with Crippen LogP contribution in [0, 0.1) is 5.82 Å². The number of benzene rings is 1. The number of aliphatic carboxylic acids is 1. The minimum atomic E-state index is -6.43. The molecule has 6 N–H and O–H groups in total. The molecule has 0 aromatic heterocycles. The molecule has 1 aromatic rings. The molecule has 0 aliphatic carbocycles. The summed E-state index contributed by atoms with van der Waals surface area (Å²) in [5, 5.41) is 22.3. The fourth-order valence-corrected chi connectivity index (χ4v) is 4.06. The molecule has 0 aliphatic rings. The van der Waals surface area contributed by atoms with Gasteiger partial charge in [0.25, 0.3) is 0 Å². The van der Waals surface area contributed by atoms with E-state index in [9.17, 15) is 45.4 Å². The van der Waals surface area contributed by atoms with E-state index in [1.165, 1.54) is 0 Å². The Kier molecular flexibility index (Phi) is 9.63. The first-order chi connectivity index (χ1) is 15.4. The molecule has 0 saturated heterocycles. The Labute approximate surface area is 193 Å². The normalized spacial score (nSPS) is 14.3. The summed E-state index contributed by atoms with van der Waals surface area (Å²) in [6.45, 7) is -0.532. The molecule has 0 saturated carbocycles. The number of carbonyl (C=O) groups excluding carboxylic acids is 1. The second-order valence-corrected chi connectivity index (χ2v) is 7.92. The van der Waals surface area contributed by atoms with Gasteiger partial charge in [0.2, 0.25) is 0 Å². The first-order valence-electron chi connectivity index (χ1n) is 9.21. The Balaban J connectivity index is 4.01. The van der Waals surface area contributed by atoms with E-state index in [4.69, 9.17) is 21.3 Å². The molecule has 0 bridgehead atoms. The number of primary amides is 1. The molecular weight excluding hydrogens is 500 g/mol. The summed E-state index contributed by atoms with van der Waals surface area (Å²) in [5.41, 5.74) is 1.98. The molecule has 1 rings (SSSR count). The number of hydrogen-bond acceptors (Lipinski definition) is 6. The predicted octanol–water partition coefficient (Wildman–Crippen LogP) is 0.643. The van der Waals surface area contributed by atoms with E-state index in [2.05, 4.69) is 10.1 Å². The van der Waals surface area contributed by atoms with Crippen LogP contribution in [0.1, 0.15) is 30.1 Å². The van der Waals surface area contributed by atoms with Crippen LogP contribution < -0.4 is 20.6 Å². The van der Waals surface area contributed by atoms with Gasteiger partial charge in [-0.15, -0.1) is 0 Å². The van der Waals surface area contributed by atoms with Gasteiger partial charge in [-0.1, -0.05) is 0 Å². The molecule has 1 amide bonds. The van der Waals surface area contributed by atoms with E-state index in [0.29, 0.717) is 6.07 Å². The SMILES string of the molecule is [CH2]=[Al][c]1c(C(CC(N)C(=O)O)OCCC(N)=O)cc(OC)c(F)c1C(O)(C(F)(F)F)C(F)(F)F. The van der Waals surface area contributed by atoms with Crippen LogP contribution in [-0.2, 0) is 19.9 Å². The Morgan fingerprint density at radius 1 is 1.21 bits per heavy atom. The van der Waals surface area contributed by atoms with Crippen molar-refractivity contribution in [3.8, 4) is 5.75 Å². The number of methoxy groups -OCH3 is 1. The van der Waals surface area contributed by atoms with Crippen LogP contribution in [0.3, 0.4) is 0 Å². The molecule has 0 radical (unpaired) electrons. The first kappa shape index (κ1) is 29.8. The van der Waals surface area contributed by atoms with E-state index < -0.39 is 103 Å². The Morgan fingerprint density at radius 3 is 2.12 bits per heavy atom. The summed E-state index contributed by atoms with van der Waals surface area (Å²) >= 11 is -1.82. The van der Waals surface area contributed by atoms with Gasteiger partial charge in [-0.3, -0.25) is 0 Å². The monoisotopic (exact) mass is 520 g/mol. The van der Waals surface area contributed by atoms with Gasteiger partial charge >= 0.3 is 193 Å². The number of halogens is 7. The van der Waals surface area contributed by atoms with Crippen molar-refractivity contribution < 1.29 is 60.0 Å². The van der Waals surface area contributed by atoms with Crippen molar-refractivity contribution in [2.24, 2.45) is 11.5 Å². The van der Waals surface area contributed by atoms with Gasteiger partial charge in [-0.25, -0.2) is 0 Å². The van der Waals surface area contributed by atoms with E-state index in [1.54, 1.807) is 0 Å². The summed E-state index contributed by atoms with van der Waals surface area (Å²) in [5.74, 6) is -5.75. The van der Waals surface area contributed by atoms with Gasteiger partial charge in [-0.2, -0.15) is 0 Å². The second-order valence-electron chi connectivity index (χ2n) is 6.94. The number of carboxylic acid groups (broad SMARTS) is 1. The number of carbonyl (C=O) groups is 2. The number of ether oxygens (including phenoxy) is 2. The van der Waals surface area contributed by atoms with Gasteiger partial charge in [0, 0.05) is 0 Å². The number of hydrogen-bond donors (Lipinski definition) is 4. The van der Waals surface area contributed by atoms with Crippen LogP contribution in [0.5, 0.6) is 5.75 Å². The third-order valence-corrected chi connectivity index (χ3v) is 5.74. The van der Waals surface area contributed by atoms with Gasteiger partial charge in [0.05, 0.1) is 0 Å². The van der Waals surface area contributed by atoms with Crippen LogP contribution in [0.4, 0.5) is 30.7 Å². The van der Waals surface area contributed by atoms with Crippen molar-refractivity contribution >= 4 is 36.5 Å². The number of nitrogens with two attached hydrogens (primary N) is 2. The zero-order valence-corrected chi connectivity index (χ0v) is 18.6. The molecule has 0 spiro atoms. The third-order valence-electron chi connectivity index (χ3n) is 4.71. The molecule has 1 aromatic carbocycles. The third kappa shape index (κ3) is 6.05. The minimum absolute atomic E-state index is 0.453. The average Bonchev–Trinajstić information content (AvgIpc) is 2.69. The van der Waals surface area contributed by atoms with Crippen molar-refractivity contribution in [1.29, 1.82) is 0 Å². The van der Waals surface area contributed by atoms with Crippen molar-refractivity contribution in [1.82, 2.24) is 0 Å². The fraction of sp³-hybridized carbons (Fsp3) is 0.500. The van der Waals surface area contributed by atoms with E-state index in [-0.39, 0.29) is 0 Å². The van der Waals surface area contributed by atoms with Gasteiger partial charge < -0.3 is 0 Å². The Bertz CT molecular complexity index is 925. The van der Waals surface area contributed by atoms with Gasteiger partial charge in [-0.05, 0) is 0 Å². The van der Waals surface area contributed by atoms with E-state index in [0.717, 1.165) is 7.11 Å². The fourth-order valence-electron chi connectivity index (χ4n) is 3.02. The molecule has 2 atom stereocenters.